The molecule has 3 N–H and O–H groups in total. The minimum Gasteiger partial charge on any atom is -0.465 e. The molecule has 1 aliphatic rings. The molecule has 2 heterocycles. The van der Waals surface area contributed by atoms with E-state index < -0.39 is 6.09 Å². The van der Waals surface area contributed by atoms with E-state index in [1.807, 2.05) is 0 Å². The molecule has 9 heteroatoms. The molecule has 0 aromatic carbocycles. The third kappa shape index (κ3) is 4.83. The summed E-state index contributed by atoms with van der Waals surface area (Å²) in [5.41, 5.74) is 0.133. The Morgan fingerprint density at radius 2 is 2.04 bits per heavy atom. The van der Waals surface area contributed by atoms with E-state index in [2.05, 4.69) is 15.6 Å². The van der Waals surface area contributed by atoms with E-state index in [0.717, 1.165) is 0 Å². The highest BCUT2D eigenvalue weighted by Crippen LogP contribution is 2.13. The molecule has 0 saturated carbocycles. The molecule has 0 bridgehead atoms. The predicted octanol–water partition coefficient (Wildman–Crippen LogP) is 1.52. The van der Waals surface area contributed by atoms with Gasteiger partial charge in [0.2, 0.25) is 0 Å². The smallest absolute Gasteiger partial charge is 0.410 e. The quantitative estimate of drug-likeness (QED) is 0.766. The highest BCUT2D eigenvalue weighted by Gasteiger charge is 2.25. The molecule has 24 heavy (non-hydrogen) atoms. The maximum Gasteiger partial charge on any atom is 0.410 e. The zero-order chi connectivity index (χ0) is 17.5. The van der Waals surface area contributed by atoms with E-state index in [0.29, 0.717) is 32.5 Å². The Bertz CT molecular complexity index is 614. The van der Waals surface area contributed by atoms with E-state index in [-0.39, 0.29) is 29.6 Å². The van der Waals surface area contributed by atoms with Crippen LogP contribution in [-0.2, 0) is 4.74 Å². The molecule has 2 rings (SSSR count). The lowest BCUT2D eigenvalue weighted by Gasteiger charge is -2.31. The molecule has 3 amide bonds. The Labute approximate surface area is 139 Å². The maximum absolute atomic E-state index is 12.2. The molecule has 0 radical (unpaired) electrons. The maximum atomic E-state index is 12.2. The number of nitrogens with one attached hydrogen (secondary N) is 2. The number of nitrogens with zero attached hydrogens (tertiary/aromatic N) is 2. The van der Waals surface area contributed by atoms with Crippen LogP contribution in [0.5, 0.6) is 0 Å². The molecule has 0 unspecified atom stereocenters. The molecular formula is C15H20N4O5. The molecule has 1 fully saturated rings. The molecule has 9 nitrogen and oxygen atoms in total. The highest BCUT2D eigenvalue weighted by atomic mass is 16.6. The van der Waals surface area contributed by atoms with E-state index >= 15 is 0 Å². The van der Waals surface area contributed by atoms with Gasteiger partial charge >= 0.3 is 12.2 Å². The van der Waals surface area contributed by atoms with Crippen LogP contribution >= 0.6 is 0 Å². The fourth-order valence-corrected chi connectivity index (χ4v) is 2.42. The third-order valence-electron chi connectivity index (χ3n) is 3.57. The second-order valence-corrected chi connectivity index (χ2v) is 5.27. The number of ether oxygens (including phenoxy) is 1. The second kappa shape index (κ2) is 8.14. The van der Waals surface area contributed by atoms with Gasteiger partial charge in [0, 0.05) is 19.1 Å². The number of rotatable bonds is 4. The van der Waals surface area contributed by atoms with E-state index in [4.69, 9.17) is 9.84 Å². The van der Waals surface area contributed by atoms with Crippen molar-refractivity contribution in [2.45, 2.75) is 25.8 Å². The number of anilines is 1. The predicted molar refractivity (Wildman–Crippen MR) is 85.0 cm³/mol. The number of carbonyl (C=O) groups is 3. The summed E-state index contributed by atoms with van der Waals surface area (Å²) in [5, 5.41) is 13.6. The molecule has 0 spiro atoms. The van der Waals surface area contributed by atoms with Crippen LogP contribution in [0.3, 0.4) is 0 Å². The lowest BCUT2D eigenvalue weighted by molar-refractivity contribution is 0.0856. The number of piperidine rings is 1. The molecule has 1 aliphatic heterocycles. The van der Waals surface area contributed by atoms with Crippen molar-refractivity contribution in [3.05, 3.63) is 23.9 Å². The van der Waals surface area contributed by atoms with Crippen molar-refractivity contribution in [1.29, 1.82) is 0 Å². The monoisotopic (exact) mass is 336 g/mol. The molecule has 130 valence electrons. The van der Waals surface area contributed by atoms with Gasteiger partial charge in [-0.15, -0.1) is 0 Å². The van der Waals surface area contributed by atoms with Crippen LogP contribution in [0.2, 0.25) is 0 Å². The van der Waals surface area contributed by atoms with Gasteiger partial charge in [-0.1, -0.05) is 6.07 Å². The number of pyridine rings is 1. The summed E-state index contributed by atoms with van der Waals surface area (Å²) in [4.78, 5) is 40.0. The van der Waals surface area contributed by atoms with E-state index in [1.54, 1.807) is 17.9 Å². The molecule has 1 saturated heterocycles. The van der Waals surface area contributed by atoms with Crippen molar-refractivity contribution < 1.29 is 24.2 Å². The zero-order valence-corrected chi connectivity index (χ0v) is 13.3. The Balaban J connectivity index is 1.87. The fraction of sp³-hybridized carbons (Fsp3) is 0.467. The van der Waals surface area contributed by atoms with Crippen LogP contribution in [0, 0.1) is 0 Å². The minimum atomic E-state index is -1.24. The van der Waals surface area contributed by atoms with Crippen LogP contribution in [0.25, 0.3) is 0 Å². The van der Waals surface area contributed by atoms with E-state index in [9.17, 15) is 14.4 Å². The SMILES string of the molecule is CCOC(=O)N1CCC(NC(=O)c2cccc(NC(=O)O)n2)CC1. The van der Waals surface area contributed by atoms with Gasteiger partial charge in [0.25, 0.3) is 5.91 Å². The molecule has 0 atom stereocenters. The Morgan fingerprint density at radius 3 is 2.67 bits per heavy atom. The summed E-state index contributed by atoms with van der Waals surface area (Å²) >= 11 is 0. The van der Waals surface area contributed by atoms with Crippen molar-refractivity contribution in [1.82, 2.24) is 15.2 Å². The molecule has 1 aromatic rings. The number of carbonyl (C=O) groups excluding carboxylic acids is 2. The first-order chi connectivity index (χ1) is 11.5. The Kier molecular flexibility index (Phi) is 5.94. The minimum absolute atomic E-state index is 0.0685. The second-order valence-electron chi connectivity index (χ2n) is 5.27. The van der Waals surface area contributed by atoms with E-state index in [1.165, 1.54) is 12.1 Å². The number of hydrogen-bond acceptors (Lipinski definition) is 5. The Hall–Kier alpha value is -2.84. The van der Waals surface area contributed by atoms with Crippen LogP contribution in [-0.4, -0.2) is 58.8 Å². The summed E-state index contributed by atoms with van der Waals surface area (Å²) in [6, 6.07) is 4.45. The average Bonchev–Trinajstić information content (AvgIpc) is 2.55. The summed E-state index contributed by atoms with van der Waals surface area (Å²) in [6.45, 7) is 3.11. The van der Waals surface area contributed by atoms with Crippen molar-refractivity contribution >= 4 is 23.9 Å². The van der Waals surface area contributed by atoms with Crippen molar-refractivity contribution in [2.24, 2.45) is 0 Å². The van der Waals surface area contributed by atoms with Gasteiger partial charge in [-0.05, 0) is 31.9 Å². The lowest BCUT2D eigenvalue weighted by atomic mass is 10.1. The highest BCUT2D eigenvalue weighted by molar-refractivity contribution is 5.93. The summed E-state index contributed by atoms with van der Waals surface area (Å²) in [5.74, 6) is -0.286. The normalized spacial score (nSPS) is 14.8. The summed E-state index contributed by atoms with van der Waals surface area (Å²) < 4.78 is 4.95. The zero-order valence-electron chi connectivity index (χ0n) is 13.3. The standard InChI is InChI=1S/C15H20N4O5/c1-2-24-15(23)19-8-6-10(7-9-19)16-13(20)11-4-3-5-12(17-11)18-14(21)22/h3-5,10H,2,6-9H2,1H3,(H,16,20)(H,17,18)(H,21,22). The first kappa shape index (κ1) is 17.5. The topological polar surface area (TPSA) is 121 Å². The van der Waals surface area contributed by atoms with Crippen molar-refractivity contribution in [2.75, 3.05) is 25.0 Å². The van der Waals surface area contributed by atoms with Gasteiger partial charge in [0.15, 0.2) is 0 Å². The molecule has 1 aromatic heterocycles. The average molecular weight is 336 g/mol. The number of aromatic nitrogens is 1. The molecule has 0 aliphatic carbocycles. The fourth-order valence-electron chi connectivity index (χ4n) is 2.42. The largest absolute Gasteiger partial charge is 0.465 e. The van der Waals surface area contributed by atoms with Crippen molar-refractivity contribution in [3.8, 4) is 0 Å². The number of amides is 3. The first-order valence-corrected chi connectivity index (χ1v) is 7.69. The van der Waals surface area contributed by atoms with Crippen LogP contribution < -0.4 is 10.6 Å². The van der Waals surface area contributed by atoms with Crippen molar-refractivity contribution in [3.63, 3.8) is 0 Å². The number of likely N-dealkylation sites (tertiary alicyclic amines) is 1. The number of hydrogen-bond donors (Lipinski definition) is 3. The van der Waals surface area contributed by atoms with Crippen LogP contribution in [0.15, 0.2) is 18.2 Å². The van der Waals surface area contributed by atoms with Gasteiger partial charge in [-0.2, -0.15) is 0 Å². The first-order valence-electron chi connectivity index (χ1n) is 7.69. The van der Waals surface area contributed by atoms with Gasteiger partial charge in [-0.25, -0.2) is 14.6 Å². The summed E-state index contributed by atoms with van der Waals surface area (Å²) in [7, 11) is 0. The number of carboxylic acid groups (broad SMARTS) is 1. The molecular weight excluding hydrogens is 316 g/mol. The van der Waals surface area contributed by atoms with Gasteiger partial charge < -0.3 is 20.1 Å². The van der Waals surface area contributed by atoms with Gasteiger partial charge in [0.1, 0.15) is 11.5 Å². The van der Waals surface area contributed by atoms with Gasteiger partial charge in [-0.3, -0.25) is 10.1 Å². The van der Waals surface area contributed by atoms with Crippen LogP contribution in [0.4, 0.5) is 15.4 Å². The summed E-state index contributed by atoms with van der Waals surface area (Å²) in [6.07, 6.45) is -0.335. The third-order valence-corrected chi connectivity index (χ3v) is 3.57. The van der Waals surface area contributed by atoms with Gasteiger partial charge in [0.05, 0.1) is 6.61 Å². The van der Waals surface area contributed by atoms with Crippen LogP contribution in [0.1, 0.15) is 30.3 Å². The lowest BCUT2D eigenvalue weighted by Crippen LogP contribution is -2.46. The Morgan fingerprint density at radius 1 is 1.33 bits per heavy atom.